The summed E-state index contributed by atoms with van der Waals surface area (Å²) in [5, 5.41) is 27.3. The van der Waals surface area contributed by atoms with Crippen LogP contribution in [0.25, 0.3) is 21.7 Å². The predicted octanol–water partition coefficient (Wildman–Crippen LogP) is 4.14. The van der Waals surface area contributed by atoms with Gasteiger partial charge in [-0.3, -0.25) is 4.79 Å². The molecule has 6 nitrogen and oxygen atoms in total. The number of alkyl halides is 6. The zero-order valence-corrected chi connectivity index (χ0v) is 18.8. The number of halogens is 7. The van der Waals surface area contributed by atoms with Crippen LogP contribution in [-0.4, -0.2) is 51.6 Å². The average molecular weight is 525 g/mol. The number of unbranched alkanes of at least 4 members (excludes halogenated alkanes) is 1. The Hall–Kier alpha value is -2.90. The molecule has 1 heterocycles. The SMILES string of the molecule is CCCCn1c(=O)c2cc(F)c(OCC(O)CO)cc2c2cc(C(O)(C(F)(F)F)C(F)(F)F)ccc21. The Labute approximate surface area is 199 Å². The minimum atomic E-state index is -6.13. The van der Waals surface area contributed by atoms with Crippen molar-refractivity contribution < 1.29 is 50.8 Å². The molecular weight excluding hydrogens is 503 g/mol. The molecule has 3 aromatic rings. The monoisotopic (exact) mass is 525 g/mol. The van der Waals surface area contributed by atoms with Crippen molar-refractivity contribution in [2.75, 3.05) is 13.2 Å². The Morgan fingerprint density at radius 3 is 2.19 bits per heavy atom. The smallest absolute Gasteiger partial charge is 0.430 e. The number of pyridine rings is 1. The van der Waals surface area contributed by atoms with E-state index in [-0.39, 0.29) is 28.2 Å². The van der Waals surface area contributed by atoms with Gasteiger partial charge in [0, 0.05) is 22.9 Å². The fraction of sp³-hybridized carbons (Fsp3) is 0.435. The van der Waals surface area contributed by atoms with Crippen LogP contribution in [0.2, 0.25) is 0 Å². The number of aryl methyl sites for hydroxylation is 1. The number of hydrogen-bond acceptors (Lipinski definition) is 5. The van der Waals surface area contributed by atoms with E-state index in [4.69, 9.17) is 9.84 Å². The van der Waals surface area contributed by atoms with Crippen molar-refractivity contribution in [1.29, 1.82) is 0 Å². The molecular formula is C23H22F7NO5. The topological polar surface area (TPSA) is 91.9 Å². The van der Waals surface area contributed by atoms with Crippen LogP contribution in [0.5, 0.6) is 5.75 Å². The summed E-state index contributed by atoms with van der Waals surface area (Å²) < 4.78 is 102. The van der Waals surface area contributed by atoms with Crippen LogP contribution in [-0.2, 0) is 12.1 Å². The van der Waals surface area contributed by atoms with Crippen molar-refractivity contribution in [1.82, 2.24) is 4.57 Å². The fourth-order valence-corrected chi connectivity index (χ4v) is 3.80. The molecule has 0 amide bonds. The maximum Gasteiger partial charge on any atom is 0.430 e. The highest BCUT2D eigenvalue weighted by molar-refractivity contribution is 6.06. The van der Waals surface area contributed by atoms with E-state index in [0.717, 1.165) is 22.8 Å². The lowest BCUT2D eigenvalue weighted by molar-refractivity contribution is -0.376. The molecule has 36 heavy (non-hydrogen) atoms. The lowest BCUT2D eigenvalue weighted by Crippen LogP contribution is -2.53. The van der Waals surface area contributed by atoms with Crippen molar-refractivity contribution in [2.24, 2.45) is 0 Å². The van der Waals surface area contributed by atoms with Crippen molar-refractivity contribution in [3.05, 3.63) is 52.1 Å². The number of rotatable bonds is 8. The van der Waals surface area contributed by atoms with Crippen LogP contribution in [0.1, 0.15) is 25.3 Å². The fourth-order valence-electron chi connectivity index (χ4n) is 3.80. The van der Waals surface area contributed by atoms with Gasteiger partial charge in [-0.1, -0.05) is 19.4 Å². The molecule has 198 valence electrons. The van der Waals surface area contributed by atoms with Gasteiger partial charge < -0.3 is 24.6 Å². The third-order valence-electron chi connectivity index (χ3n) is 5.74. The summed E-state index contributed by atoms with van der Waals surface area (Å²) in [5.74, 6) is -1.64. The van der Waals surface area contributed by atoms with Gasteiger partial charge in [0.25, 0.3) is 11.2 Å². The summed E-state index contributed by atoms with van der Waals surface area (Å²) in [6, 6.07) is 3.41. The van der Waals surface area contributed by atoms with Crippen molar-refractivity contribution in [3.8, 4) is 5.75 Å². The Balaban J connectivity index is 2.41. The molecule has 3 N–H and O–H groups in total. The number of aliphatic hydroxyl groups excluding tert-OH is 2. The second-order valence-corrected chi connectivity index (χ2v) is 8.22. The average Bonchev–Trinajstić information content (AvgIpc) is 2.80. The Morgan fingerprint density at radius 2 is 1.64 bits per heavy atom. The standard InChI is InChI=1S/C23H22F7NO5/c1-2-3-6-31-18-5-4-12(21(35,22(25,26)27)23(28,29)30)7-15(18)14-9-19(36-11-13(33)10-32)17(24)8-16(14)20(31)34/h4-5,7-9,13,32-33,35H,2-3,6,10-11H2,1H3. The zero-order chi connectivity index (χ0) is 27.1. The Bertz CT molecular complexity index is 1300. The van der Waals surface area contributed by atoms with E-state index in [2.05, 4.69) is 0 Å². The number of nitrogens with zero attached hydrogens (tertiary/aromatic N) is 1. The molecule has 13 heteroatoms. The van der Waals surface area contributed by atoms with E-state index < -0.39 is 60.0 Å². The van der Waals surface area contributed by atoms with Crippen LogP contribution in [0.15, 0.2) is 35.1 Å². The van der Waals surface area contributed by atoms with Gasteiger partial charge in [0.1, 0.15) is 12.7 Å². The van der Waals surface area contributed by atoms with Crippen molar-refractivity contribution in [3.63, 3.8) is 0 Å². The number of aromatic nitrogens is 1. The summed E-state index contributed by atoms with van der Waals surface area (Å²) in [4.78, 5) is 13.1. The second-order valence-electron chi connectivity index (χ2n) is 8.22. The largest absolute Gasteiger partial charge is 0.488 e. The predicted molar refractivity (Wildman–Crippen MR) is 115 cm³/mol. The summed E-state index contributed by atoms with van der Waals surface area (Å²) in [5.41, 5.74) is -7.53. The number of hydrogen-bond donors (Lipinski definition) is 3. The lowest BCUT2D eigenvalue weighted by atomic mass is 9.90. The van der Waals surface area contributed by atoms with Crippen LogP contribution < -0.4 is 10.3 Å². The molecule has 0 aliphatic heterocycles. The first-order valence-electron chi connectivity index (χ1n) is 10.7. The highest BCUT2D eigenvalue weighted by atomic mass is 19.4. The molecule has 0 radical (unpaired) electrons. The number of aliphatic hydroxyl groups is 3. The van der Waals surface area contributed by atoms with Crippen molar-refractivity contribution >= 4 is 21.7 Å². The minimum absolute atomic E-state index is 0.0376. The van der Waals surface area contributed by atoms with Gasteiger partial charge in [-0.2, -0.15) is 26.3 Å². The molecule has 1 atom stereocenters. The maximum atomic E-state index is 14.7. The zero-order valence-electron chi connectivity index (χ0n) is 18.8. The third-order valence-corrected chi connectivity index (χ3v) is 5.74. The van der Waals surface area contributed by atoms with Crippen LogP contribution in [0, 0.1) is 5.82 Å². The highest BCUT2D eigenvalue weighted by Crippen LogP contribution is 2.50. The number of ether oxygens (including phenoxy) is 1. The van der Waals surface area contributed by atoms with Crippen molar-refractivity contribution in [2.45, 2.75) is 50.4 Å². The van der Waals surface area contributed by atoms with Gasteiger partial charge in [0.15, 0.2) is 11.6 Å². The van der Waals surface area contributed by atoms with E-state index in [1.807, 2.05) is 0 Å². The first-order chi connectivity index (χ1) is 16.7. The Kier molecular flexibility index (Phi) is 7.59. The quantitative estimate of drug-likeness (QED) is 0.304. The minimum Gasteiger partial charge on any atom is -0.488 e. The van der Waals surface area contributed by atoms with E-state index in [1.165, 1.54) is 0 Å². The summed E-state index contributed by atoms with van der Waals surface area (Å²) in [7, 11) is 0. The molecule has 1 unspecified atom stereocenters. The van der Waals surface area contributed by atoms with Gasteiger partial charge in [-0.05, 0) is 30.7 Å². The van der Waals surface area contributed by atoms with Gasteiger partial charge in [-0.15, -0.1) is 0 Å². The molecule has 1 aromatic heterocycles. The Morgan fingerprint density at radius 1 is 1.00 bits per heavy atom. The molecule has 0 spiro atoms. The molecule has 0 saturated heterocycles. The molecule has 0 aliphatic carbocycles. The van der Waals surface area contributed by atoms with E-state index >= 15 is 0 Å². The van der Waals surface area contributed by atoms with E-state index in [0.29, 0.717) is 25.0 Å². The second kappa shape index (κ2) is 9.87. The summed E-state index contributed by atoms with van der Waals surface area (Å²) >= 11 is 0. The van der Waals surface area contributed by atoms with E-state index in [9.17, 15) is 45.7 Å². The summed E-state index contributed by atoms with van der Waals surface area (Å²) in [6.07, 6.45) is -12.6. The first-order valence-corrected chi connectivity index (χ1v) is 10.7. The lowest BCUT2D eigenvalue weighted by Gasteiger charge is -2.33. The third kappa shape index (κ3) is 4.74. The summed E-state index contributed by atoms with van der Waals surface area (Å²) in [6.45, 7) is 0.532. The molecule has 0 saturated carbocycles. The van der Waals surface area contributed by atoms with Gasteiger partial charge in [-0.25, -0.2) is 4.39 Å². The van der Waals surface area contributed by atoms with Crippen LogP contribution in [0.4, 0.5) is 30.7 Å². The van der Waals surface area contributed by atoms with Gasteiger partial charge >= 0.3 is 12.4 Å². The number of fused-ring (bicyclic) bond motifs is 3. The highest BCUT2D eigenvalue weighted by Gasteiger charge is 2.71. The van der Waals surface area contributed by atoms with E-state index in [1.54, 1.807) is 6.92 Å². The molecule has 3 rings (SSSR count). The molecule has 0 fully saturated rings. The van der Waals surface area contributed by atoms with Gasteiger partial charge in [0.2, 0.25) is 0 Å². The van der Waals surface area contributed by atoms with Crippen LogP contribution >= 0.6 is 0 Å². The molecule has 2 aromatic carbocycles. The molecule has 0 bridgehead atoms. The number of benzene rings is 2. The van der Waals surface area contributed by atoms with Gasteiger partial charge in [0.05, 0.1) is 17.5 Å². The maximum absolute atomic E-state index is 14.7. The first kappa shape index (κ1) is 27.7. The molecule has 0 aliphatic rings. The van der Waals surface area contributed by atoms with Crippen LogP contribution in [0.3, 0.4) is 0 Å². The normalized spacial score (nSPS) is 14.0.